The molecule has 0 bridgehead atoms. The van der Waals surface area contributed by atoms with Crippen LogP contribution >= 0.6 is 0 Å². The third kappa shape index (κ3) is 3.49. The van der Waals surface area contributed by atoms with Crippen molar-refractivity contribution in [1.82, 2.24) is 14.8 Å². The Bertz CT molecular complexity index is 1180. The second kappa shape index (κ2) is 7.93. The molecule has 2 aliphatic rings. The lowest BCUT2D eigenvalue weighted by Gasteiger charge is -2.38. The molecule has 0 atom stereocenters. The monoisotopic (exact) mass is 429 g/mol. The minimum atomic E-state index is 0.0376. The number of piperidine rings is 1. The molecule has 1 spiro atoms. The van der Waals surface area contributed by atoms with E-state index in [9.17, 15) is 9.59 Å². The second-order valence-electron chi connectivity index (χ2n) is 9.01. The smallest absolute Gasteiger partial charge is 0.254 e. The number of benzene rings is 2. The van der Waals surface area contributed by atoms with E-state index in [-0.39, 0.29) is 17.2 Å². The maximum absolute atomic E-state index is 13.5. The first-order valence-corrected chi connectivity index (χ1v) is 11.1. The van der Waals surface area contributed by atoms with Gasteiger partial charge in [0.15, 0.2) is 0 Å². The molecule has 0 radical (unpaired) electrons. The van der Waals surface area contributed by atoms with E-state index < -0.39 is 0 Å². The van der Waals surface area contributed by atoms with Gasteiger partial charge >= 0.3 is 0 Å². The van der Waals surface area contributed by atoms with Gasteiger partial charge in [0.25, 0.3) is 5.91 Å². The molecular weight excluding hydrogens is 402 g/mol. The molecule has 2 fully saturated rings. The van der Waals surface area contributed by atoms with Gasteiger partial charge in [-0.2, -0.15) is 0 Å². The lowest BCUT2D eigenvalue weighted by Crippen LogP contribution is -2.44. The molecule has 3 aromatic rings. The van der Waals surface area contributed by atoms with Gasteiger partial charge in [-0.25, -0.2) is 4.98 Å². The maximum Gasteiger partial charge on any atom is 0.254 e. The molecule has 164 valence electrons. The summed E-state index contributed by atoms with van der Waals surface area (Å²) < 4.78 is 5.17. The predicted octanol–water partition coefficient (Wildman–Crippen LogP) is 3.99. The van der Waals surface area contributed by atoms with E-state index in [0.29, 0.717) is 25.4 Å². The fraction of sp³-hybridized carbons (Fsp3) is 0.346. The van der Waals surface area contributed by atoms with Crippen LogP contribution in [0.3, 0.4) is 0 Å². The van der Waals surface area contributed by atoms with E-state index in [2.05, 4.69) is 17.1 Å². The zero-order valence-electron chi connectivity index (χ0n) is 18.5. The molecule has 2 saturated heterocycles. The predicted molar refractivity (Wildman–Crippen MR) is 124 cm³/mol. The Hall–Kier alpha value is -3.41. The number of ether oxygens (including phenoxy) is 1. The summed E-state index contributed by atoms with van der Waals surface area (Å²) in [5, 5.41) is 1.98. The molecule has 0 N–H and O–H groups in total. The van der Waals surface area contributed by atoms with Crippen LogP contribution in [0.25, 0.3) is 21.9 Å². The number of methoxy groups -OCH3 is 1. The van der Waals surface area contributed by atoms with Gasteiger partial charge in [0.05, 0.1) is 7.11 Å². The highest BCUT2D eigenvalue weighted by Crippen LogP contribution is 2.41. The van der Waals surface area contributed by atoms with Gasteiger partial charge in [-0.1, -0.05) is 30.3 Å². The molecule has 5 rings (SSSR count). The van der Waals surface area contributed by atoms with Crippen molar-refractivity contribution < 1.29 is 14.3 Å². The van der Waals surface area contributed by atoms with Crippen LogP contribution in [-0.2, 0) is 4.79 Å². The normalized spacial score (nSPS) is 17.9. The van der Waals surface area contributed by atoms with Crippen molar-refractivity contribution in [3.05, 3.63) is 60.3 Å². The van der Waals surface area contributed by atoms with E-state index in [1.807, 2.05) is 53.2 Å². The van der Waals surface area contributed by atoms with E-state index in [4.69, 9.17) is 4.74 Å². The molecular formula is C26H27N3O3. The third-order valence-electron chi connectivity index (χ3n) is 7.04. The van der Waals surface area contributed by atoms with Gasteiger partial charge in [-0.05, 0) is 41.3 Å². The van der Waals surface area contributed by atoms with Crippen LogP contribution in [0.15, 0.2) is 54.7 Å². The van der Waals surface area contributed by atoms with Gasteiger partial charge in [0.2, 0.25) is 11.8 Å². The van der Waals surface area contributed by atoms with E-state index in [1.165, 1.54) is 0 Å². The minimum absolute atomic E-state index is 0.0376. The van der Waals surface area contributed by atoms with Crippen LogP contribution in [0.2, 0.25) is 0 Å². The van der Waals surface area contributed by atoms with Crippen molar-refractivity contribution in [2.75, 3.05) is 33.8 Å². The highest BCUT2D eigenvalue weighted by Gasteiger charge is 2.44. The fourth-order valence-electron chi connectivity index (χ4n) is 5.20. The van der Waals surface area contributed by atoms with Gasteiger partial charge in [0, 0.05) is 61.9 Å². The number of nitrogens with zero attached hydrogens (tertiary/aromatic N) is 3. The molecule has 2 aliphatic heterocycles. The summed E-state index contributed by atoms with van der Waals surface area (Å²) in [5.41, 5.74) is 2.78. The van der Waals surface area contributed by atoms with E-state index in [1.54, 1.807) is 13.3 Å². The summed E-state index contributed by atoms with van der Waals surface area (Å²) in [6.07, 6.45) is 4.16. The molecule has 6 nitrogen and oxygen atoms in total. The van der Waals surface area contributed by atoms with E-state index >= 15 is 0 Å². The number of pyridine rings is 1. The van der Waals surface area contributed by atoms with Crippen molar-refractivity contribution in [1.29, 1.82) is 0 Å². The summed E-state index contributed by atoms with van der Waals surface area (Å²) in [7, 11) is 3.48. The zero-order valence-corrected chi connectivity index (χ0v) is 18.5. The average Bonchev–Trinajstić information content (AvgIpc) is 3.10. The SMILES string of the molecule is COc1ccc(-c2cccc3c(C(=O)N4CCC5(CC4)CC(=O)N(C)C5)cccc23)cn1. The maximum atomic E-state index is 13.5. The number of fused-ring (bicyclic) bond motifs is 1. The molecule has 0 unspecified atom stereocenters. The van der Waals surface area contributed by atoms with Crippen molar-refractivity contribution in [2.45, 2.75) is 19.3 Å². The first-order chi connectivity index (χ1) is 15.5. The molecule has 6 heteroatoms. The summed E-state index contributed by atoms with van der Waals surface area (Å²) in [6, 6.07) is 15.8. The van der Waals surface area contributed by atoms with Crippen molar-refractivity contribution in [3.63, 3.8) is 0 Å². The number of aromatic nitrogens is 1. The first-order valence-electron chi connectivity index (χ1n) is 11.1. The average molecular weight is 430 g/mol. The fourth-order valence-corrected chi connectivity index (χ4v) is 5.20. The summed E-state index contributed by atoms with van der Waals surface area (Å²) in [5.74, 6) is 0.857. The molecule has 3 heterocycles. The van der Waals surface area contributed by atoms with Gasteiger partial charge in [-0.3, -0.25) is 9.59 Å². The highest BCUT2D eigenvalue weighted by atomic mass is 16.5. The van der Waals surface area contributed by atoms with Gasteiger partial charge in [-0.15, -0.1) is 0 Å². The topological polar surface area (TPSA) is 62.7 Å². The quantitative estimate of drug-likeness (QED) is 0.632. The number of carbonyl (C=O) groups is 2. The molecule has 1 aromatic heterocycles. The van der Waals surface area contributed by atoms with Gasteiger partial charge in [0.1, 0.15) is 0 Å². The number of rotatable bonds is 3. The van der Waals surface area contributed by atoms with Crippen LogP contribution in [-0.4, -0.2) is 60.4 Å². The Morgan fingerprint density at radius 2 is 1.78 bits per heavy atom. The Kier molecular flexibility index (Phi) is 5.08. The van der Waals surface area contributed by atoms with Crippen LogP contribution < -0.4 is 4.74 Å². The Morgan fingerprint density at radius 3 is 2.44 bits per heavy atom. The molecule has 2 aromatic carbocycles. The Balaban J connectivity index is 1.42. The largest absolute Gasteiger partial charge is 0.481 e. The number of likely N-dealkylation sites (tertiary alicyclic amines) is 2. The molecule has 0 saturated carbocycles. The highest BCUT2D eigenvalue weighted by molar-refractivity contribution is 6.10. The van der Waals surface area contributed by atoms with Crippen LogP contribution in [0, 0.1) is 5.41 Å². The Labute approximate surface area is 187 Å². The lowest BCUT2D eigenvalue weighted by molar-refractivity contribution is -0.126. The number of hydrogen-bond acceptors (Lipinski definition) is 4. The van der Waals surface area contributed by atoms with E-state index in [0.717, 1.165) is 46.8 Å². The van der Waals surface area contributed by atoms with Gasteiger partial charge < -0.3 is 14.5 Å². The molecule has 32 heavy (non-hydrogen) atoms. The van der Waals surface area contributed by atoms with Crippen LogP contribution in [0.5, 0.6) is 5.88 Å². The summed E-state index contributed by atoms with van der Waals surface area (Å²) in [6.45, 7) is 2.19. The van der Waals surface area contributed by atoms with Crippen molar-refractivity contribution in [3.8, 4) is 17.0 Å². The minimum Gasteiger partial charge on any atom is -0.481 e. The molecule has 2 amide bonds. The number of hydrogen-bond donors (Lipinski definition) is 0. The zero-order chi connectivity index (χ0) is 22.3. The van der Waals surface area contributed by atoms with Crippen molar-refractivity contribution >= 4 is 22.6 Å². The summed E-state index contributed by atoms with van der Waals surface area (Å²) >= 11 is 0. The number of amides is 2. The Morgan fingerprint density at radius 1 is 1.03 bits per heavy atom. The third-order valence-corrected chi connectivity index (χ3v) is 7.04. The van der Waals surface area contributed by atoms with Crippen LogP contribution in [0.4, 0.5) is 0 Å². The molecule has 0 aliphatic carbocycles. The van der Waals surface area contributed by atoms with Crippen molar-refractivity contribution in [2.24, 2.45) is 5.41 Å². The van der Waals surface area contributed by atoms with Crippen LogP contribution in [0.1, 0.15) is 29.6 Å². The standard InChI is InChI=1S/C26H27N3O3/c1-28-17-26(15-24(28)30)11-13-29(14-12-26)25(31)22-8-4-6-20-19(5-3-7-21(20)22)18-9-10-23(32-2)27-16-18/h3-10,16H,11-15,17H2,1-2H3. The first kappa shape index (κ1) is 20.5. The summed E-state index contributed by atoms with van der Waals surface area (Å²) in [4.78, 5) is 33.7. The number of carbonyl (C=O) groups excluding carboxylic acids is 2. The lowest BCUT2D eigenvalue weighted by atomic mass is 9.77. The second-order valence-corrected chi connectivity index (χ2v) is 9.01.